The fourth-order valence-corrected chi connectivity index (χ4v) is 3.12. The van der Waals surface area contributed by atoms with Crippen LogP contribution in [0.15, 0.2) is 12.2 Å². The molecule has 20 heavy (non-hydrogen) atoms. The van der Waals surface area contributed by atoms with Gasteiger partial charge < -0.3 is 10.2 Å². The predicted molar refractivity (Wildman–Crippen MR) is 77.5 cm³/mol. The van der Waals surface area contributed by atoms with Crippen LogP contribution in [0.25, 0.3) is 0 Å². The molecule has 0 saturated heterocycles. The van der Waals surface area contributed by atoms with Crippen LogP contribution in [0.5, 0.6) is 0 Å². The number of carboxylic acids is 2. The fourth-order valence-electron chi connectivity index (χ4n) is 3.12. The largest absolute Gasteiger partial charge is 0.481 e. The summed E-state index contributed by atoms with van der Waals surface area (Å²) in [6, 6.07) is 0. The van der Waals surface area contributed by atoms with E-state index in [1.165, 1.54) is 51.5 Å². The molecule has 2 aliphatic carbocycles. The van der Waals surface area contributed by atoms with Gasteiger partial charge in [0.25, 0.3) is 0 Å². The van der Waals surface area contributed by atoms with Crippen molar-refractivity contribution >= 4 is 11.9 Å². The summed E-state index contributed by atoms with van der Waals surface area (Å²) in [6.07, 6.45) is 12.9. The molecule has 3 atom stereocenters. The minimum atomic E-state index is -1.27. The average molecular weight is 282 g/mol. The zero-order chi connectivity index (χ0) is 15.2. The van der Waals surface area contributed by atoms with Gasteiger partial charge in [0.05, 0.1) is 11.3 Å². The molecular formula is C16H26O4. The van der Waals surface area contributed by atoms with E-state index in [-0.39, 0.29) is 5.92 Å². The maximum absolute atomic E-state index is 11.0. The lowest BCUT2D eigenvalue weighted by Gasteiger charge is -2.35. The van der Waals surface area contributed by atoms with E-state index in [1.54, 1.807) is 13.0 Å². The molecular weight excluding hydrogens is 256 g/mol. The number of rotatable bonds is 2. The average Bonchev–Trinajstić information content (AvgIpc) is 2.40. The lowest BCUT2D eigenvalue weighted by molar-refractivity contribution is -0.161. The van der Waals surface area contributed by atoms with E-state index in [0.717, 1.165) is 0 Å². The summed E-state index contributed by atoms with van der Waals surface area (Å²) in [5.41, 5.74) is -1.27. The number of hydrogen-bond acceptors (Lipinski definition) is 2. The number of carboxylic acid groups (broad SMARTS) is 2. The van der Waals surface area contributed by atoms with Crippen molar-refractivity contribution in [2.75, 3.05) is 0 Å². The Morgan fingerprint density at radius 1 is 1.05 bits per heavy atom. The van der Waals surface area contributed by atoms with Gasteiger partial charge in [-0.05, 0) is 19.3 Å². The summed E-state index contributed by atoms with van der Waals surface area (Å²) in [4.78, 5) is 22.0. The molecule has 2 N–H and O–H groups in total. The van der Waals surface area contributed by atoms with E-state index < -0.39 is 23.3 Å². The van der Waals surface area contributed by atoms with Crippen molar-refractivity contribution in [3.8, 4) is 0 Å². The van der Waals surface area contributed by atoms with Crippen LogP contribution < -0.4 is 0 Å². The van der Waals surface area contributed by atoms with Gasteiger partial charge in [0, 0.05) is 0 Å². The highest BCUT2D eigenvalue weighted by molar-refractivity contribution is 5.85. The van der Waals surface area contributed by atoms with Crippen molar-refractivity contribution in [2.24, 2.45) is 17.3 Å². The first-order chi connectivity index (χ1) is 9.39. The maximum Gasteiger partial charge on any atom is 0.314 e. The molecule has 2 aliphatic rings. The first-order valence-corrected chi connectivity index (χ1v) is 7.53. The Balaban J connectivity index is 0.000000276. The Hall–Kier alpha value is -1.32. The second-order valence-corrected chi connectivity index (χ2v) is 6.14. The van der Waals surface area contributed by atoms with Gasteiger partial charge >= 0.3 is 11.9 Å². The van der Waals surface area contributed by atoms with Crippen molar-refractivity contribution in [2.45, 2.75) is 58.8 Å². The van der Waals surface area contributed by atoms with Crippen LogP contribution >= 0.6 is 0 Å². The van der Waals surface area contributed by atoms with Crippen LogP contribution in [0.2, 0.25) is 0 Å². The Morgan fingerprint density at radius 3 is 1.80 bits per heavy atom. The molecule has 1 fully saturated rings. The monoisotopic (exact) mass is 282 g/mol. The second-order valence-electron chi connectivity index (χ2n) is 6.14. The molecule has 0 amide bonds. The summed E-state index contributed by atoms with van der Waals surface area (Å²) in [5, 5.41) is 18.0. The number of allylic oxidation sites excluding steroid dienone is 1. The smallest absolute Gasteiger partial charge is 0.314 e. The van der Waals surface area contributed by atoms with E-state index in [4.69, 9.17) is 10.2 Å². The molecule has 0 spiro atoms. The Morgan fingerprint density at radius 2 is 1.50 bits per heavy atom. The van der Waals surface area contributed by atoms with E-state index in [2.05, 4.69) is 0 Å². The molecule has 3 unspecified atom stereocenters. The minimum Gasteiger partial charge on any atom is -0.481 e. The van der Waals surface area contributed by atoms with E-state index in [9.17, 15) is 9.59 Å². The summed E-state index contributed by atoms with van der Waals surface area (Å²) < 4.78 is 0. The van der Waals surface area contributed by atoms with Crippen LogP contribution in [0, 0.1) is 17.3 Å². The topological polar surface area (TPSA) is 74.6 Å². The van der Waals surface area contributed by atoms with Crippen LogP contribution in [-0.4, -0.2) is 22.2 Å². The van der Waals surface area contributed by atoms with Crippen molar-refractivity contribution in [1.29, 1.82) is 0 Å². The van der Waals surface area contributed by atoms with Crippen LogP contribution in [-0.2, 0) is 9.59 Å². The quantitative estimate of drug-likeness (QED) is 0.757. The third-order valence-electron chi connectivity index (χ3n) is 4.41. The molecule has 0 heterocycles. The van der Waals surface area contributed by atoms with E-state index in [0.29, 0.717) is 6.42 Å². The van der Waals surface area contributed by atoms with E-state index >= 15 is 0 Å². The summed E-state index contributed by atoms with van der Waals surface area (Å²) >= 11 is 0. The molecule has 0 aromatic rings. The molecule has 0 aromatic heterocycles. The zero-order valence-corrected chi connectivity index (χ0v) is 12.5. The molecule has 2 rings (SSSR count). The minimum absolute atomic E-state index is 0.140. The Bertz CT molecular complexity index is 359. The molecule has 0 radical (unpaired) electrons. The highest BCUT2D eigenvalue weighted by Crippen LogP contribution is 2.40. The molecule has 0 aliphatic heterocycles. The highest BCUT2D eigenvalue weighted by atomic mass is 16.4. The summed E-state index contributed by atoms with van der Waals surface area (Å²) in [5.74, 6) is -3.09. The summed E-state index contributed by atoms with van der Waals surface area (Å²) in [6.45, 7) is 3.23. The first kappa shape index (κ1) is 16.7. The van der Waals surface area contributed by atoms with Gasteiger partial charge in [-0.15, -0.1) is 0 Å². The van der Waals surface area contributed by atoms with Gasteiger partial charge in [-0.1, -0.05) is 57.6 Å². The molecule has 4 heteroatoms. The first-order valence-electron chi connectivity index (χ1n) is 7.53. The van der Waals surface area contributed by atoms with Crippen molar-refractivity contribution < 1.29 is 19.8 Å². The predicted octanol–water partition coefficient (Wildman–Crippen LogP) is 3.71. The Kier molecular flexibility index (Phi) is 6.24. The standard InChI is InChI=1S/C10H14O4.C6H12/c1-6-4-3-5-10(2,9(13)14)7(6)8(11)12;1-2-4-6-5-3-1/h3,5-7H,4H2,1-2H3,(H,11,12)(H,13,14);1-6H2. The van der Waals surface area contributed by atoms with Gasteiger partial charge in [-0.25, -0.2) is 0 Å². The van der Waals surface area contributed by atoms with Gasteiger partial charge in [0.1, 0.15) is 0 Å². The number of carbonyl (C=O) groups is 2. The van der Waals surface area contributed by atoms with Crippen LogP contribution in [0.4, 0.5) is 0 Å². The second kappa shape index (κ2) is 7.46. The molecule has 0 bridgehead atoms. The van der Waals surface area contributed by atoms with Crippen molar-refractivity contribution in [1.82, 2.24) is 0 Å². The molecule has 4 nitrogen and oxygen atoms in total. The summed E-state index contributed by atoms with van der Waals surface area (Å²) in [7, 11) is 0. The maximum atomic E-state index is 11.0. The van der Waals surface area contributed by atoms with Gasteiger partial charge in [-0.2, -0.15) is 0 Å². The third kappa shape index (κ3) is 4.09. The normalized spacial score (nSPS) is 32.9. The number of aliphatic carboxylic acids is 2. The SMILES string of the molecule is C1CCCCC1.CC1CC=CC(C)(C(=O)O)C1C(=O)O. The van der Waals surface area contributed by atoms with Gasteiger partial charge in [0.2, 0.25) is 0 Å². The fraction of sp³-hybridized carbons (Fsp3) is 0.750. The molecule has 0 aromatic carbocycles. The highest BCUT2D eigenvalue weighted by Gasteiger charge is 2.47. The van der Waals surface area contributed by atoms with Crippen LogP contribution in [0.1, 0.15) is 58.8 Å². The Labute approximate surface area is 120 Å². The molecule has 1 saturated carbocycles. The van der Waals surface area contributed by atoms with E-state index in [1.807, 2.05) is 0 Å². The third-order valence-corrected chi connectivity index (χ3v) is 4.41. The van der Waals surface area contributed by atoms with Gasteiger partial charge in [-0.3, -0.25) is 9.59 Å². The van der Waals surface area contributed by atoms with Crippen LogP contribution in [0.3, 0.4) is 0 Å². The van der Waals surface area contributed by atoms with Crippen molar-refractivity contribution in [3.63, 3.8) is 0 Å². The number of hydrogen-bond donors (Lipinski definition) is 2. The lowest BCUT2D eigenvalue weighted by atomic mass is 9.67. The van der Waals surface area contributed by atoms with Gasteiger partial charge in [0.15, 0.2) is 0 Å². The molecule has 114 valence electrons. The van der Waals surface area contributed by atoms with Crippen molar-refractivity contribution in [3.05, 3.63) is 12.2 Å². The zero-order valence-electron chi connectivity index (χ0n) is 12.5. The lowest BCUT2D eigenvalue weighted by Crippen LogP contribution is -2.44.